The van der Waals surface area contributed by atoms with E-state index in [0.717, 1.165) is 0 Å². The van der Waals surface area contributed by atoms with Crippen molar-refractivity contribution in [2.75, 3.05) is 18.1 Å². The molecule has 0 saturated carbocycles. The van der Waals surface area contributed by atoms with Crippen LogP contribution in [0.5, 0.6) is 0 Å². The predicted molar refractivity (Wildman–Crippen MR) is 73.2 cm³/mol. The van der Waals surface area contributed by atoms with Crippen molar-refractivity contribution in [1.82, 2.24) is 5.32 Å². The Morgan fingerprint density at radius 3 is 2.42 bits per heavy atom. The Hall–Kier alpha value is -0.980. The second-order valence-electron chi connectivity index (χ2n) is 4.58. The van der Waals surface area contributed by atoms with Gasteiger partial charge in [-0.1, -0.05) is 19.1 Å². The van der Waals surface area contributed by atoms with Crippen LogP contribution in [0.25, 0.3) is 0 Å². The Labute approximate surface area is 113 Å². The smallest absolute Gasteiger partial charge is 0.151 e. The summed E-state index contributed by atoms with van der Waals surface area (Å²) in [6.07, 6.45) is -0.785. The summed E-state index contributed by atoms with van der Waals surface area (Å²) in [6, 6.07) is 5.34. The third-order valence-electron chi connectivity index (χ3n) is 2.86. The van der Waals surface area contributed by atoms with Gasteiger partial charge < -0.3 is 10.4 Å². The minimum Gasteiger partial charge on any atom is -0.387 e. The Morgan fingerprint density at radius 1 is 1.32 bits per heavy atom. The lowest BCUT2D eigenvalue weighted by atomic mass is 10.1. The van der Waals surface area contributed by atoms with Crippen molar-refractivity contribution in [1.29, 1.82) is 0 Å². The topological polar surface area (TPSA) is 66.4 Å². The molecule has 0 bridgehead atoms. The van der Waals surface area contributed by atoms with E-state index >= 15 is 0 Å². The maximum atomic E-state index is 12.7. The van der Waals surface area contributed by atoms with Crippen LogP contribution in [0.3, 0.4) is 0 Å². The molecule has 0 saturated heterocycles. The molecule has 0 radical (unpaired) electrons. The van der Waals surface area contributed by atoms with Crippen molar-refractivity contribution in [3.8, 4) is 0 Å². The molecule has 0 spiro atoms. The molecule has 0 aliphatic heterocycles. The average Bonchev–Trinajstić information content (AvgIpc) is 2.36. The van der Waals surface area contributed by atoms with E-state index in [9.17, 15) is 17.9 Å². The molecule has 4 nitrogen and oxygen atoms in total. The first kappa shape index (κ1) is 16.1. The van der Waals surface area contributed by atoms with Crippen molar-refractivity contribution in [3.05, 3.63) is 35.6 Å². The zero-order valence-electron chi connectivity index (χ0n) is 11.1. The fraction of sp³-hybridized carbons (Fsp3) is 0.538. The molecule has 1 aromatic carbocycles. The zero-order valence-corrected chi connectivity index (χ0v) is 12.0. The Bertz CT molecular complexity index is 487. The largest absolute Gasteiger partial charge is 0.387 e. The van der Waals surface area contributed by atoms with Gasteiger partial charge in [0.25, 0.3) is 0 Å². The van der Waals surface area contributed by atoms with Crippen molar-refractivity contribution >= 4 is 9.84 Å². The number of aliphatic hydroxyl groups is 1. The lowest BCUT2D eigenvalue weighted by Gasteiger charge is -2.17. The summed E-state index contributed by atoms with van der Waals surface area (Å²) in [4.78, 5) is 0. The minimum absolute atomic E-state index is 0.0413. The maximum absolute atomic E-state index is 12.7. The van der Waals surface area contributed by atoms with Crippen LogP contribution in [0.2, 0.25) is 0 Å². The highest BCUT2D eigenvalue weighted by Gasteiger charge is 2.15. The van der Waals surface area contributed by atoms with Gasteiger partial charge >= 0.3 is 0 Å². The predicted octanol–water partition coefficient (Wildman–Crippen LogP) is 1.27. The van der Waals surface area contributed by atoms with Crippen molar-refractivity contribution in [3.63, 3.8) is 0 Å². The number of sulfone groups is 1. The van der Waals surface area contributed by atoms with E-state index in [1.807, 2.05) is 0 Å². The summed E-state index contributed by atoms with van der Waals surface area (Å²) in [5, 5.41) is 12.8. The number of aliphatic hydroxyl groups excluding tert-OH is 1. The van der Waals surface area contributed by atoms with Crippen molar-refractivity contribution < 1.29 is 17.9 Å². The van der Waals surface area contributed by atoms with Gasteiger partial charge in [0.05, 0.1) is 11.9 Å². The van der Waals surface area contributed by atoms with Crippen LogP contribution in [-0.2, 0) is 9.84 Å². The highest BCUT2D eigenvalue weighted by molar-refractivity contribution is 7.91. The molecule has 1 rings (SSSR count). The molecular weight excluding hydrogens is 269 g/mol. The SMILES string of the molecule is CCS(=O)(=O)CC(C)NCC(O)c1ccc(F)cc1. The third kappa shape index (κ3) is 5.67. The molecule has 2 N–H and O–H groups in total. The quantitative estimate of drug-likeness (QED) is 0.793. The molecule has 2 atom stereocenters. The van der Waals surface area contributed by atoms with E-state index in [1.54, 1.807) is 13.8 Å². The summed E-state index contributed by atoms with van der Waals surface area (Å²) in [5.74, 6) is -0.203. The van der Waals surface area contributed by atoms with Crippen LogP contribution < -0.4 is 5.32 Å². The molecule has 0 aromatic heterocycles. The van der Waals surface area contributed by atoms with E-state index in [4.69, 9.17) is 0 Å². The number of nitrogens with one attached hydrogen (secondary N) is 1. The standard InChI is InChI=1S/C13H20FNO3S/c1-3-19(17,18)9-10(2)15-8-13(16)11-4-6-12(14)7-5-11/h4-7,10,13,15-16H,3,8-9H2,1-2H3. The summed E-state index contributed by atoms with van der Waals surface area (Å²) >= 11 is 0. The van der Waals surface area contributed by atoms with Crippen LogP contribution in [0.1, 0.15) is 25.5 Å². The Morgan fingerprint density at radius 2 is 1.89 bits per heavy atom. The molecular formula is C13H20FNO3S. The molecule has 0 aliphatic rings. The summed E-state index contributed by atoms with van der Waals surface area (Å²) < 4.78 is 35.6. The number of hydrogen-bond acceptors (Lipinski definition) is 4. The minimum atomic E-state index is -3.03. The normalized spacial score (nSPS) is 15.2. The molecule has 19 heavy (non-hydrogen) atoms. The van der Waals surface area contributed by atoms with Gasteiger partial charge in [0, 0.05) is 18.3 Å². The highest BCUT2D eigenvalue weighted by Crippen LogP contribution is 2.12. The fourth-order valence-corrected chi connectivity index (χ4v) is 2.79. The fourth-order valence-electron chi connectivity index (χ4n) is 1.67. The number of halogens is 1. The first-order chi connectivity index (χ1) is 8.84. The summed E-state index contributed by atoms with van der Waals surface area (Å²) in [7, 11) is -3.03. The molecule has 0 aliphatic carbocycles. The van der Waals surface area contributed by atoms with E-state index < -0.39 is 15.9 Å². The molecule has 6 heteroatoms. The number of rotatable bonds is 7. The van der Waals surface area contributed by atoms with Crippen LogP contribution in [-0.4, -0.2) is 37.6 Å². The molecule has 1 aromatic rings. The van der Waals surface area contributed by atoms with Gasteiger partial charge in [-0.05, 0) is 24.6 Å². The lowest BCUT2D eigenvalue weighted by molar-refractivity contribution is 0.171. The van der Waals surface area contributed by atoms with E-state index in [2.05, 4.69) is 5.32 Å². The van der Waals surface area contributed by atoms with Gasteiger partial charge in [-0.15, -0.1) is 0 Å². The first-order valence-electron chi connectivity index (χ1n) is 6.21. The van der Waals surface area contributed by atoms with Gasteiger partial charge in [-0.25, -0.2) is 12.8 Å². The maximum Gasteiger partial charge on any atom is 0.151 e. The summed E-state index contributed by atoms with van der Waals surface area (Å²) in [6.45, 7) is 3.59. The second kappa shape index (κ2) is 6.98. The molecule has 0 amide bonds. The van der Waals surface area contributed by atoms with Crippen molar-refractivity contribution in [2.45, 2.75) is 26.0 Å². The van der Waals surface area contributed by atoms with Crippen LogP contribution in [0.4, 0.5) is 4.39 Å². The molecule has 2 unspecified atom stereocenters. The Balaban J connectivity index is 2.46. The third-order valence-corrected chi connectivity index (χ3v) is 4.75. The Kier molecular flexibility index (Phi) is 5.90. The van der Waals surface area contributed by atoms with Gasteiger partial charge in [0.1, 0.15) is 5.82 Å². The molecule has 0 heterocycles. The highest BCUT2D eigenvalue weighted by atomic mass is 32.2. The summed E-state index contributed by atoms with van der Waals surface area (Å²) in [5.41, 5.74) is 0.597. The second-order valence-corrected chi connectivity index (χ2v) is 6.97. The zero-order chi connectivity index (χ0) is 14.5. The van der Waals surface area contributed by atoms with E-state index in [0.29, 0.717) is 5.56 Å². The van der Waals surface area contributed by atoms with Crippen molar-refractivity contribution in [2.24, 2.45) is 0 Å². The van der Waals surface area contributed by atoms with Gasteiger partial charge in [0.2, 0.25) is 0 Å². The molecule has 0 fully saturated rings. The lowest BCUT2D eigenvalue weighted by Crippen LogP contribution is -2.36. The molecule has 108 valence electrons. The van der Waals surface area contributed by atoms with E-state index in [-0.39, 0.29) is 29.9 Å². The van der Waals surface area contributed by atoms with E-state index in [1.165, 1.54) is 24.3 Å². The number of benzene rings is 1. The van der Waals surface area contributed by atoms with Crippen LogP contribution >= 0.6 is 0 Å². The average molecular weight is 289 g/mol. The van der Waals surface area contributed by atoms with Gasteiger partial charge in [0.15, 0.2) is 9.84 Å². The number of hydrogen-bond donors (Lipinski definition) is 2. The van der Waals surface area contributed by atoms with Gasteiger partial charge in [-0.2, -0.15) is 0 Å². The van der Waals surface area contributed by atoms with Crippen LogP contribution in [0, 0.1) is 5.82 Å². The van der Waals surface area contributed by atoms with Crippen LogP contribution in [0.15, 0.2) is 24.3 Å². The first-order valence-corrected chi connectivity index (χ1v) is 8.03. The monoisotopic (exact) mass is 289 g/mol. The van der Waals surface area contributed by atoms with Gasteiger partial charge in [-0.3, -0.25) is 0 Å².